The summed E-state index contributed by atoms with van der Waals surface area (Å²) >= 11 is 0. The Hall–Kier alpha value is -0.600. The van der Waals surface area contributed by atoms with Crippen LogP contribution >= 0.6 is 0 Å². The van der Waals surface area contributed by atoms with Gasteiger partial charge in [0.05, 0.1) is 17.6 Å². The Labute approximate surface area is 90.6 Å². The highest BCUT2D eigenvalue weighted by Crippen LogP contribution is 2.27. The van der Waals surface area contributed by atoms with Crippen LogP contribution in [0.2, 0.25) is 0 Å². The summed E-state index contributed by atoms with van der Waals surface area (Å²) < 4.78 is 22.8. The van der Waals surface area contributed by atoms with Crippen LogP contribution in [0.4, 0.5) is 0 Å². The van der Waals surface area contributed by atoms with Gasteiger partial charge in [-0.05, 0) is 19.3 Å². The molecule has 0 aromatic rings. The average molecular weight is 228 g/mol. The number of hydrogen-bond acceptors (Lipinski definition) is 4. The highest BCUT2D eigenvalue weighted by atomic mass is 32.2. The second-order valence-electron chi connectivity index (χ2n) is 4.66. The van der Waals surface area contributed by atoms with Crippen LogP contribution in [-0.4, -0.2) is 31.5 Å². The van der Waals surface area contributed by atoms with Crippen LogP contribution in [0, 0.1) is 11.3 Å². The van der Waals surface area contributed by atoms with Crippen molar-refractivity contribution in [3.63, 3.8) is 0 Å². The molecule has 0 aromatic heterocycles. The van der Waals surface area contributed by atoms with Crippen LogP contribution in [0.1, 0.15) is 32.1 Å². The van der Waals surface area contributed by atoms with Crippen LogP contribution in [0.25, 0.3) is 0 Å². The predicted octanol–water partition coefficient (Wildman–Crippen LogP) is 0.599. The molecule has 1 saturated heterocycles. The summed E-state index contributed by atoms with van der Waals surface area (Å²) in [7, 11) is -2.99. The van der Waals surface area contributed by atoms with Crippen LogP contribution in [-0.2, 0) is 9.84 Å². The molecule has 2 fully saturated rings. The average Bonchev–Trinajstić information content (AvgIpc) is 2.75. The number of sulfone groups is 1. The van der Waals surface area contributed by atoms with Gasteiger partial charge in [0.1, 0.15) is 5.54 Å². The summed E-state index contributed by atoms with van der Waals surface area (Å²) in [4.78, 5) is 0. The van der Waals surface area contributed by atoms with Crippen molar-refractivity contribution in [3.05, 3.63) is 0 Å². The summed E-state index contributed by atoms with van der Waals surface area (Å²) in [5, 5.41) is 12.4. The van der Waals surface area contributed by atoms with E-state index in [1.165, 1.54) is 12.8 Å². The quantitative estimate of drug-likeness (QED) is 0.751. The molecule has 1 unspecified atom stereocenters. The second-order valence-corrected chi connectivity index (χ2v) is 6.85. The maximum absolute atomic E-state index is 11.4. The summed E-state index contributed by atoms with van der Waals surface area (Å²) in [5.41, 5.74) is -0.798. The molecule has 5 heteroatoms. The number of nitrogens with zero attached hydrogens (tertiary/aromatic N) is 1. The van der Waals surface area contributed by atoms with Gasteiger partial charge in [-0.3, -0.25) is 5.32 Å². The van der Waals surface area contributed by atoms with Gasteiger partial charge < -0.3 is 0 Å². The number of nitrogens with one attached hydrogen (secondary N) is 1. The molecule has 0 amide bonds. The molecule has 84 valence electrons. The van der Waals surface area contributed by atoms with E-state index in [2.05, 4.69) is 11.4 Å². The monoisotopic (exact) mass is 228 g/mol. The molecule has 1 aliphatic carbocycles. The van der Waals surface area contributed by atoms with Crippen molar-refractivity contribution in [3.8, 4) is 6.07 Å². The molecule has 4 nitrogen and oxygen atoms in total. The molecule has 1 N–H and O–H groups in total. The van der Waals surface area contributed by atoms with Gasteiger partial charge in [0, 0.05) is 6.04 Å². The lowest BCUT2D eigenvalue weighted by molar-refractivity contribution is 0.385. The Morgan fingerprint density at radius 3 is 2.47 bits per heavy atom. The Morgan fingerprint density at radius 1 is 1.33 bits per heavy atom. The molecule has 1 heterocycles. The Bertz CT molecular complexity index is 379. The second kappa shape index (κ2) is 3.76. The lowest BCUT2D eigenvalue weighted by atomic mass is 9.99. The first-order valence-electron chi connectivity index (χ1n) is 5.45. The van der Waals surface area contributed by atoms with Crippen molar-refractivity contribution in [2.24, 2.45) is 0 Å². The predicted molar refractivity (Wildman–Crippen MR) is 57.0 cm³/mol. The van der Waals surface area contributed by atoms with Crippen LogP contribution in [0.15, 0.2) is 0 Å². The molecule has 2 aliphatic rings. The van der Waals surface area contributed by atoms with Crippen molar-refractivity contribution in [2.45, 2.75) is 43.7 Å². The van der Waals surface area contributed by atoms with E-state index < -0.39 is 15.4 Å². The third-order valence-corrected chi connectivity index (χ3v) is 5.11. The molecule has 0 spiro atoms. The van der Waals surface area contributed by atoms with E-state index >= 15 is 0 Å². The third-order valence-electron chi connectivity index (χ3n) is 3.36. The molecule has 2 rings (SSSR count). The fraction of sp³-hybridized carbons (Fsp3) is 0.900. The van der Waals surface area contributed by atoms with Crippen molar-refractivity contribution in [1.29, 1.82) is 5.26 Å². The zero-order valence-electron chi connectivity index (χ0n) is 8.70. The molecular weight excluding hydrogens is 212 g/mol. The van der Waals surface area contributed by atoms with Crippen LogP contribution in [0.5, 0.6) is 0 Å². The van der Waals surface area contributed by atoms with Gasteiger partial charge in [-0.25, -0.2) is 8.42 Å². The third kappa shape index (κ3) is 2.32. The highest BCUT2D eigenvalue weighted by molar-refractivity contribution is 7.91. The van der Waals surface area contributed by atoms with Crippen LogP contribution in [0.3, 0.4) is 0 Å². The van der Waals surface area contributed by atoms with Gasteiger partial charge in [-0.15, -0.1) is 0 Å². The fourth-order valence-corrected chi connectivity index (χ4v) is 4.39. The molecule has 0 radical (unpaired) electrons. The standard InChI is InChI=1S/C10H16N2O2S/c11-7-10(5-6-15(13,14)8-10)12-9-3-1-2-4-9/h9,12H,1-6,8H2. The van der Waals surface area contributed by atoms with Crippen LogP contribution < -0.4 is 5.32 Å². The largest absolute Gasteiger partial charge is 0.296 e. The van der Waals surface area contributed by atoms with Crippen molar-refractivity contribution < 1.29 is 8.42 Å². The van der Waals surface area contributed by atoms with E-state index in [9.17, 15) is 8.42 Å². The Kier molecular flexibility index (Phi) is 2.73. The molecule has 0 aromatic carbocycles. The van der Waals surface area contributed by atoms with Gasteiger partial charge >= 0.3 is 0 Å². The first kappa shape index (κ1) is 10.9. The summed E-state index contributed by atoms with van der Waals surface area (Å²) in [6.45, 7) is 0. The molecule has 1 saturated carbocycles. The van der Waals surface area contributed by atoms with E-state index in [1.54, 1.807) is 0 Å². The number of rotatable bonds is 2. The Balaban J connectivity index is 2.07. The zero-order chi connectivity index (χ0) is 10.9. The smallest absolute Gasteiger partial charge is 0.153 e. The van der Waals surface area contributed by atoms with E-state index in [-0.39, 0.29) is 11.5 Å². The summed E-state index contributed by atoms with van der Waals surface area (Å²) in [6, 6.07) is 2.51. The number of hydrogen-bond donors (Lipinski definition) is 1. The molecule has 1 aliphatic heterocycles. The zero-order valence-corrected chi connectivity index (χ0v) is 9.52. The van der Waals surface area contributed by atoms with Crippen molar-refractivity contribution in [2.75, 3.05) is 11.5 Å². The van der Waals surface area contributed by atoms with E-state index in [1.807, 2.05) is 0 Å². The maximum atomic E-state index is 11.4. The maximum Gasteiger partial charge on any atom is 0.153 e. The van der Waals surface area contributed by atoms with Gasteiger partial charge in [0.2, 0.25) is 0 Å². The van der Waals surface area contributed by atoms with Gasteiger partial charge in [0.15, 0.2) is 9.84 Å². The van der Waals surface area contributed by atoms with Gasteiger partial charge in [0.25, 0.3) is 0 Å². The molecule has 1 atom stereocenters. The van der Waals surface area contributed by atoms with Gasteiger partial charge in [-0.2, -0.15) is 5.26 Å². The minimum atomic E-state index is -2.99. The molecular formula is C10H16N2O2S. The normalized spacial score (nSPS) is 35.4. The molecule has 0 bridgehead atoms. The minimum absolute atomic E-state index is 0.00694. The summed E-state index contributed by atoms with van der Waals surface area (Å²) in [6.07, 6.45) is 4.97. The van der Waals surface area contributed by atoms with Gasteiger partial charge in [-0.1, -0.05) is 12.8 Å². The lowest BCUT2D eigenvalue weighted by Gasteiger charge is -2.25. The highest BCUT2D eigenvalue weighted by Gasteiger charge is 2.43. The molecule has 15 heavy (non-hydrogen) atoms. The summed E-state index contributed by atoms with van der Waals surface area (Å²) in [5.74, 6) is 0.146. The SMILES string of the molecule is N#CC1(NC2CCCC2)CCS(=O)(=O)C1. The van der Waals surface area contributed by atoms with Crippen molar-refractivity contribution >= 4 is 9.84 Å². The van der Waals surface area contributed by atoms with E-state index in [0.717, 1.165) is 12.8 Å². The topological polar surface area (TPSA) is 70.0 Å². The first-order chi connectivity index (χ1) is 7.05. The number of nitriles is 1. The van der Waals surface area contributed by atoms with Crippen molar-refractivity contribution in [1.82, 2.24) is 5.32 Å². The minimum Gasteiger partial charge on any atom is -0.296 e. The van der Waals surface area contributed by atoms with E-state index in [0.29, 0.717) is 12.5 Å². The van der Waals surface area contributed by atoms with E-state index in [4.69, 9.17) is 5.26 Å². The Morgan fingerprint density at radius 2 is 2.00 bits per heavy atom. The lowest BCUT2D eigenvalue weighted by Crippen LogP contribution is -2.49. The first-order valence-corrected chi connectivity index (χ1v) is 7.27. The fourth-order valence-electron chi connectivity index (χ4n) is 2.54.